The Kier molecular flexibility index (Phi) is 6.73. The van der Waals surface area contributed by atoms with E-state index in [1.54, 1.807) is 19.1 Å². The Morgan fingerprint density at radius 2 is 2.13 bits per heavy atom. The van der Waals surface area contributed by atoms with Crippen molar-refractivity contribution in [2.75, 3.05) is 11.9 Å². The van der Waals surface area contributed by atoms with Gasteiger partial charge < -0.3 is 14.6 Å². The fourth-order valence-corrected chi connectivity index (χ4v) is 4.48. The number of carbonyl (C=O) groups is 1. The number of rotatable bonds is 7. The Labute approximate surface area is 186 Å². The Morgan fingerprint density at radius 1 is 1.32 bits per heavy atom. The van der Waals surface area contributed by atoms with E-state index in [1.165, 1.54) is 17.8 Å². The second kappa shape index (κ2) is 9.66. The first-order chi connectivity index (χ1) is 15.0. The van der Waals surface area contributed by atoms with Crippen LogP contribution in [0.3, 0.4) is 0 Å². The van der Waals surface area contributed by atoms with E-state index in [0.717, 1.165) is 35.9 Å². The molecule has 5 nitrogen and oxygen atoms in total. The van der Waals surface area contributed by atoms with Gasteiger partial charge in [-0.3, -0.25) is 4.79 Å². The van der Waals surface area contributed by atoms with Crippen molar-refractivity contribution in [1.82, 2.24) is 9.55 Å². The Hall–Kier alpha value is -2.64. The molecule has 162 valence electrons. The topological polar surface area (TPSA) is 56.2 Å². The molecule has 2 aromatic carbocycles. The molecule has 1 aliphatic heterocycles. The van der Waals surface area contributed by atoms with E-state index in [1.807, 2.05) is 31.3 Å². The molecule has 2 unspecified atom stereocenters. The van der Waals surface area contributed by atoms with Gasteiger partial charge in [-0.15, -0.1) is 0 Å². The lowest BCUT2D eigenvalue weighted by molar-refractivity contribution is -0.115. The minimum atomic E-state index is -0.404. The maximum atomic E-state index is 13.8. The quantitative estimate of drug-likeness (QED) is 0.508. The highest BCUT2D eigenvalue weighted by molar-refractivity contribution is 8.00. The van der Waals surface area contributed by atoms with Gasteiger partial charge >= 0.3 is 0 Å². The van der Waals surface area contributed by atoms with Gasteiger partial charge in [0, 0.05) is 12.3 Å². The highest BCUT2D eigenvalue weighted by atomic mass is 32.2. The van der Waals surface area contributed by atoms with Crippen LogP contribution < -0.4 is 5.32 Å². The van der Waals surface area contributed by atoms with Gasteiger partial charge in [0.2, 0.25) is 5.91 Å². The lowest BCUT2D eigenvalue weighted by Gasteiger charge is -2.18. The van der Waals surface area contributed by atoms with Gasteiger partial charge in [0.1, 0.15) is 5.82 Å². The summed E-state index contributed by atoms with van der Waals surface area (Å²) in [5.74, 6) is -0.529. The zero-order valence-corrected chi connectivity index (χ0v) is 18.5. The van der Waals surface area contributed by atoms with Crippen molar-refractivity contribution in [2.45, 2.75) is 49.7 Å². The van der Waals surface area contributed by atoms with Crippen molar-refractivity contribution in [3.05, 3.63) is 66.1 Å². The molecule has 1 saturated heterocycles. The molecule has 1 aliphatic rings. The van der Waals surface area contributed by atoms with Crippen molar-refractivity contribution in [3.8, 4) is 11.3 Å². The van der Waals surface area contributed by atoms with Crippen LogP contribution in [-0.2, 0) is 16.1 Å². The monoisotopic (exact) mass is 439 g/mol. The number of halogens is 1. The normalized spacial score (nSPS) is 16.9. The molecule has 1 aromatic heterocycles. The third kappa shape index (κ3) is 5.17. The Morgan fingerprint density at radius 3 is 2.84 bits per heavy atom. The SMILES string of the molecule is Cc1ccc(NC(=O)C(C)Sc2ncc(-c3ccccc3)n2CC2CCCO2)cc1F. The van der Waals surface area contributed by atoms with Gasteiger partial charge in [-0.2, -0.15) is 0 Å². The van der Waals surface area contributed by atoms with E-state index in [4.69, 9.17) is 4.74 Å². The molecule has 7 heteroatoms. The van der Waals surface area contributed by atoms with Crippen LogP contribution >= 0.6 is 11.8 Å². The zero-order valence-electron chi connectivity index (χ0n) is 17.7. The molecule has 2 heterocycles. The fourth-order valence-electron chi connectivity index (χ4n) is 3.59. The smallest absolute Gasteiger partial charge is 0.237 e. The summed E-state index contributed by atoms with van der Waals surface area (Å²) in [7, 11) is 0. The number of nitrogens with one attached hydrogen (secondary N) is 1. The maximum absolute atomic E-state index is 13.8. The van der Waals surface area contributed by atoms with E-state index in [-0.39, 0.29) is 17.8 Å². The highest BCUT2D eigenvalue weighted by Crippen LogP contribution is 2.30. The molecule has 0 spiro atoms. The lowest BCUT2D eigenvalue weighted by Crippen LogP contribution is -2.23. The maximum Gasteiger partial charge on any atom is 0.237 e. The second-order valence-electron chi connectivity index (χ2n) is 7.75. The summed E-state index contributed by atoms with van der Waals surface area (Å²) >= 11 is 1.39. The molecule has 1 amide bonds. The molecule has 3 aromatic rings. The summed E-state index contributed by atoms with van der Waals surface area (Å²) in [5, 5.41) is 3.17. The number of anilines is 1. The van der Waals surface area contributed by atoms with Gasteiger partial charge in [0.05, 0.1) is 29.8 Å². The molecular weight excluding hydrogens is 413 g/mol. The number of benzene rings is 2. The third-order valence-electron chi connectivity index (χ3n) is 5.39. The van der Waals surface area contributed by atoms with Crippen LogP contribution in [0.25, 0.3) is 11.3 Å². The number of ether oxygens (including phenoxy) is 1. The first-order valence-electron chi connectivity index (χ1n) is 10.5. The van der Waals surface area contributed by atoms with Gasteiger partial charge in [0.15, 0.2) is 5.16 Å². The van der Waals surface area contributed by atoms with Crippen LogP contribution in [-0.4, -0.2) is 33.4 Å². The number of hydrogen-bond donors (Lipinski definition) is 1. The first-order valence-corrected chi connectivity index (χ1v) is 11.4. The van der Waals surface area contributed by atoms with Crippen LogP contribution in [0.1, 0.15) is 25.3 Å². The predicted octanol–water partition coefficient (Wildman–Crippen LogP) is 5.30. The van der Waals surface area contributed by atoms with E-state index in [0.29, 0.717) is 17.8 Å². The molecule has 2 atom stereocenters. The van der Waals surface area contributed by atoms with E-state index in [2.05, 4.69) is 27.0 Å². The molecule has 0 bridgehead atoms. The molecule has 0 saturated carbocycles. The molecule has 1 fully saturated rings. The number of amides is 1. The van der Waals surface area contributed by atoms with Crippen LogP contribution in [0.4, 0.5) is 10.1 Å². The Bertz CT molecular complexity index is 1050. The largest absolute Gasteiger partial charge is 0.376 e. The molecule has 31 heavy (non-hydrogen) atoms. The summed E-state index contributed by atoms with van der Waals surface area (Å²) < 4.78 is 21.8. The van der Waals surface area contributed by atoms with Gasteiger partial charge in [0.25, 0.3) is 0 Å². The Balaban J connectivity index is 1.53. The minimum Gasteiger partial charge on any atom is -0.376 e. The van der Waals surface area contributed by atoms with Crippen molar-refractivity contribution >= 4 is 23.4 Å². The van der Waals surface area contributed by atoms with Gasteiger partial charge in [-0.25, -0.2) is 9.37 Å². The minimum absolute atomic E-state index is 0.149. The van der Waals surface area contributed by atoms with Crippen molar-refractivity contribution < 1.29 is 13.9 Å². The zero-order chi connectivity index (χ0) is 21.8. The summed E-state index contributed by atoms with van der Waals surface area (Å²) in [6.07, 6.45) is 4.09. The van der Waals surface area contributed by atoms with Gasteiger partial charge in [-0.05, 0) is 49.9 Å². The number of nitrogens with zero attached hydrogens (tertiary/aromatic N) is 2. The standard InChI is InChI=1S/C24H26FN3O2S/c1-16-10-11-19(13-21(16)25)27-23(29)17(2)31-24-26-14-22(18-7-4-3-5-8-18)28(24)15-20-9-6-12-30-20/h3-5,7-8,10-11,13-14,17,20H,6,9,12,15H2,1-2H3,(H,27,29). The summed E-state index contributed by atoms with van der Waals surface area (Å²) in [6, 6.07) is 14.8. The van der Waals surface area contributed by atoms with E-state index >= 15 is 0 Å². The van der Waals surface area contributed by atoms with Crippen molar-refractivity contribution in [3.63, 3.8) is 0 Å². The van der Waals surface area contributed by atoms with E-state index in [9.17, 15) is 9.18 Å². The van der Waals surface area contributed by atoms with Crippen LogP contribution in [0, 0.1) is 12.7 Å². The highest BCUT2D eigenvalue weighted by Gasteiger charge is 2.23. The van der Waals surface area contributed by atoms with Crippen LogP contribution in [0.15, 0.2) is 59.9 Å². The van der Waals surface area contributed by atoms with Gasteiger partial charge in [-0.1, -0.05) is 48.2 Å². The molecule has 1 N–H and O–H groups in total. The predicted molar refractivity (Wildman–Crippen MR) is 122 cm³/mol. The summed E-state index contributed by atoms with van der Waals surface area (Å²) in [5.41, 5.74) is 3.08. The van der Waals surface area contributed by atoms with Crippen LogP contribution in [0.2, 0.25) is 0 Å². The van der Waals surface area contributed by atoms with Crippen molar-refractivity contribution in [2.24, 2.45) is 0 Å². The number of hydrogen-bond acceptors (Lipinski definition) is 4. The summed E-state index contributed by atoms with van der Waals surface area (Å²) in [4.78, 5) is 17.3. The molecular formula is C24H26FN3O2S. The number of thioether (sulfide) groups is 1. The van der Waals surface area contributed by atoms with Crippen LogP contribution in [0.5, 0.6) is 0 Å². The average Bonchev–Trinajstić information content (AvgIpc) is 3.42. The average molecular weight is 440 g/mol. The number of aromatic nitrogens is 2. The second-order valence-corrected chi connectivity index (χ2v) is 9.06. The first kappa shape index (κ1) is 21.6. The number of carbonyl (C=O) groups excluding carboxylic acids is 1. The lowest BCUT2D eigenvalue weighted by atomic mass is 10.1. The third-order valence-corrected chi connectivity index (χ3v) is 6.49. The molecule has 0 radical (unpaired) electrons. The fraction of sp³-hybridized carbons (Fsp3) is 0.333. The number of imidazole rings is 1. The van der Waals surface area contributed by atoms with Crippen molar-refractivity contribution in [1.29, 1.82) is 0 Å². The number of aryl methyl sites for hydroxylation is 1. The molecule has 4 rings (SSSR count). The van der Waals surface area contributed by atoms with E-state index < -0.39 is 5.25 Å². The molecule has 0 aliphatic carbocycles. The summed E-state index contributed by atoms with van der Waals surface area (Å²) in [6.45, 7) is 5.01.